The second-order valence-corrected chi connectivity index (χ2v) is 8.12. The van der Waals surface area contributed by atoms with E-state index in [1.54, 1.807) is 56.8 Å². The fraction of sp³-hybridized carbons (Fsp3) is 0.148. The molecule has 0 aliphatic rings. The molecule has 35 heavy (non-hydrogen) atoms. The zero-order chi connectivity index (χ0) is 24.9. The summed E-state index contributed by atoms with van der Waals surface area (Å²) in [6, 6.07) is 20.4. The van der Waals surface area contributed by atoms with Gasteiger partial charge in [-0.15, -0.1) is 0 Å². The number of aromatic nitrogens is 2. The maximum atomic E-state index is 13.4. The maximum Gasteiger partial charge on any atom is 0.257 e. The van der Waals surface area contributed by atoms with E-state index < -0.39 is 0 Å². The molecule has 3 aromatic carbocycles. The molecular formula is C27H25FN4O3. The van der Waals surface area contributed by atoms with Crippen LogP contribution in [0, 0.1) is 12.7 Å². The smallest absolute Gasteiger partial charge is 0.257 e. The minimum Gasteiger partial charge on any atom is -0.497 e. The monoisotopic (exact) mass is 472 g/mol. The normalized spacial score (nSPS) is 10.6. The minimum atomic E-state index is -0.362. The van der Waals surface area contributed by atoms with E-state index in [0.717, 1.165) is 11.1 Å². The van der Waals surface area contributed by atoms with Crippen LogP contribution >= 0.6 is 0 Å². The first kappa shape index (κ1) is 23.7. The van der Waals surface area contributed by atoms with E-state index >= 15 is 0 Å². The van der Waals surface area contributed by atoms with Crippen LogP contribution < -0.4 is 10.1 Å². The van der Waals surface area contributed by atoms with Crippen LogP contribution in [0.15, 0.2) is 79.0 Å². The van der Waals surface area contributed by atoms with E-state index in [0.29, 0.717) is 28.4 Å². The molecule has 8 heteroatoms. The van der Waals surface area contributed by atoms with Crippen molar-refractivity contribution in [2.45, 2.75) is 6.92 Å². The molecule has 7 nitrogen and oxygen atoms in total. The SMILES string of the molecule is COc1ccc(NC(=O)CN(C)C(=O)c2cn(-c3ccc(F)cc3)nc2-c2ccc(C)cc2)cc1. The number of methoxy groups -OCH3 is 1. The van der Waals surface area contributed by atoms with Gasteiger partial charge in [-0.25, -0.2) is 9.07 Å². The Morgan fingerprint density at radius 1 is 1.00 bits per heavy atom. The summed E-state index contributed by atoms with van der Waals surface area (Å²) in [7, 11) is 3.13. The summed E-state index contributed by atoms with van der Waals surface area (Å²) in [5.41, 5.74) is 3.85. The summed E-state index contributed by atoms with van der Waals surface area (Å²) in [6.07, 6.45) is 1.60. The van der Waals surface area contributed by atoms with E-state index in [1.807, 2.05) is 31.2 Å². The number of hydrogen-bond donors (Lipinski definition) is 1. The molecule has 1 heterocycles. The van der Waals surface area contributed by atoms with Gasteiger partial charge in [-0.3, -0.25) is 9.59 Å². The molecule has 0 saturated heterocycles. The van der Waals surface area contributed by atoms with Crippen LogP contribution in [-0.2, 0) is 4.79 Å². The molecule has 2 amide bonds. The molecule has 1 aromatic heterocycles. The van der Waals surface area contributed by atoms with E-state index in [1.165, 1.54) is 21.7 Å². The van der Waals surface area contributed by atoms with E-state index in [-0.39, 0.29) is 24.2 Å². The number of carbonyl (C=O) groups excluding carboxylic acids is 2. The van der Waals surface area contributed by atoms with Crippen LogP contribution in [0.2, 0.25) is 0 Å². The predicted molar refractivity (Wildman–Crippen MR) is 132 cm³/mol. The van der Waals surface area contributed by atoms with Gasteiger partial charge in [0.15, 0.2) is 0 Å². The average Bonchev–Trinajstić information content (AvgIpc) is 3.30. The molecule has 178 valence electrons. The lowest BCUT2D eigenvalue weighted by Gasteiger charge is -2.17. The molecule has 0 unspecified atom stereocenters. The minimum absolute atomic E-state index is 0.153. The number of benzene rings is 3. The van der Waals surface area contributed by atoms with Gasteiger partial charge in [-0.2, -0.15) is 5.10 Å². The van der Waals surface area contributed by atoms with Gasteiger partial charge in [0.1, 0.15) is 17.3 Å². The molecule has 0 atom stereocenters. The van der Waals surface area contributed by atoms with Crippen LogP contribution in [0.25, 0.3) is 16.9 Å². The first-order valence-electron chi connectivity index (χ1n) is 11.0. The van der Waals surface area contributed by atoms with Gasteiger partial charge < -0.3 is 15.0 Å². The fourth-order valence-corrected chi connectivity index (χ4v) is 3.55. The average molecular weight is 473 g/mol. The Labute approximate surface area is 202 Å². The Kier molecular flexibility index (Phi) is 6.91. The molecule has 0 aliphatic heterocycles. The van der Waals surface area contributed by atoms with Crippen LogP contribution in [-0.4, -0.2) is 47.2 Å². The number of ether oxygens (including phenoxy) is 1. The summed E-state index contributed by atoms with van der Waals surface area (Å²) in [6.45, 7) is 1.82. The standard InChI is InChI=1S/C27H25FN4O3/c1-18-4-6-19(7-5-18)26-24(16-32(30-26)22-12-8-20(28)9-13-22)27(34)31(2)17-25(33)29-21-10-14-23(35-3)15-11-21/h4-16H,17H2,1-3H3,(H,29,33). The van der Waals surface area contributed by atoms with Crippen molar-refractivity contribution in [2.75, 3.05) is 26.0 Å². The summed E-state index contributed by atoms with van der Waals surface area (Å²) in [5.74, 6) is -0.386. The van der Waals surface area contributed by atoms with Crippen molar-refractivity contribution >= 4 is 17.5 Å². The lowest BCUT2D eigenvalue weighted by Crippen LogP contribution is -2.35. The summed E-state index contributed by atoms with van der Waals surface area (Å²) in [4.78, 5) is 27.3. The lowest BCUT2D eigenvalue weighted by atomic mass is 10.1. The zero-order valence-corrected chi connectivity index (χ0v) is 19.7. The highest BCUT2D eigenvalue weighted by Gasteiger charge is 2.23. The van der Waals surface area contributed by atoms with Crippen LogP contribution in [0.3, 0.4) is 0 Å². The van der Waals surface area contributed by atoms with Crippen LogP contribution in [0.5, 0.6) is 5.75 Å². The number of amides is 2. The topological polar surface area (TPSA) is 76.5 Å². The van der Waals surface area contributed by atoms with Gasteiger partial charge in [0.05, 0.1) is 24.9 Å². The van der Waals surface area contributed by atoms with Crippen molar-refractivity contribution in [1.29, 1.82) is 0 Å². The number of nitrogens with one attached hydrogen (secondary N) is 1. The number of carbonyl (C=O) groups is 2. The summed E-state index contributed by atoms with van der Waals surface area (Å²) in [5, 5.41) is 7.39. The van der Waals surface area contributed by atoms with Gasteiger partial charge in [-0.1, -0.05) is 29.8 Å². The zero-order valence-electron chi connectivity index (χ0n) is 19.7. The fourth-order valence-electron chi connectivity index (χ4n) is 3.55. The lowest BCUT2D eigenvalue weighted by molar-refractivity contribution is -0.116. The number of halogens is 1. The number of anilines is 1. The van der Waals surface area contributed by atoms with Gasteiger partial charge in [-0.05, 0) is 55.5 Å². The van der Waals surface area contributed by atoms with Gasteiger partial charge in [0.2, 0.25) is 5.91 Å². The molecule has 0 radical (unpaired) electrons. The third-order valence-corrected chi connectivity index (χ3v) is 5.46. The first-order valence-corrected chi connectivity index (χ1v) is 11.0. The number of hydrogen-bond acceptors (Lipinski definition) is 4. The third kappa shape index (κ3) is 5.55. The molecule has 0 spiro atoms. The van der Waals surface area contributed by atoms with Crippen LogP contribution in [0.4, 0.5) is 10.1 Å². The molecule has 0 aliphatic carbocycles. The Morgan fingerprint density at radius 3 is 2.29 bits per heavy atom. The Hall–Kier alpha value is -4.46. The molecule has 1 N–H and O–H groups in total. The number of likely N-dealkylation sites (N-methyl/N-ethyl adjacent to an activating group) is 1. The number of nitrogens with zero attached hydrogens (tertiary/aromatic N) is 3. The molecular weight excluding hydrogens is 447 g/mol. The van der Waals surface area contributed by atoms with Crippen molar-refractivity contribution < 1.29 is 18.7 Å². The third-order valence-electron chi connectivity index (χ3n) is 5.46. The summed E-state index contributed by atoms with van der Waals surface area (Å²) >= 11 is 0. The highest BCUT2D eigenvalue weighted by atomic mass is 19.1. The van der Waals surface area contributed by atoms with E-state index in [4.69, 9.17) is 4.74 Å². The van der Waals surface area contributed by atoms with Crippen molar-refractivity contribution in [3.05, 3.63) is 95.9 Å². The van der Waals surface area contributed by atoms with Gasteiger partial charge in [0, 0.05) is 24.5 Å². The first-order chi connectivity index (χ1) is 16.8. The van der Waals surface area contributed by atoms with Crippen LogP contribution in [0.1, 0.15) is 15.9 Å². The van der Waals surface area contributed by atoms with Gasteiger partial charge >= 0.3 is 0 Å². The Morgan fingerprint density at radius 2 is 1.66 bits per heavy atom. The van der Waals surface area contributed by atoms with Gasteiger partial charge in [0.25, 0.3) is 5.91 Å². The second-order valence-electron chi connectivity index (χ2n) is 8.12. The van der Waals surface area contributed by atoms with Crippen molar-refractivity contribution in [2.24, 2.45) is 0 Å². The Balaban J connectivity index is 1.58. The summed E-state index contributed by atoms with van der Waals surface area (Å²) < 4.78 is 20.1. The predicted octanol–water partition coefficient (Wildman–Crippen LogP) is 4.71. The maximum absolute atomic E-state index is 13.4. The van der Waals surface area contributed by atoms with Crippen molar-refractivity contribution in [3.63, 3.8) is 0 Å². The number of rotatable bonds is 7. The van der Waals surface area contributed by atoms with E-state index in [9.17, 15) is 14.0 Å². The quantitative estimate of drug-likeness (QED) is 0.423. The Bertz CT molecular complexity index is 1330. The molecule has 0 saturated carbocycles. The second kappa shape index (κ2) is 10.2. The highest BCUT2D eigenvalue weighted by molar-refractivity contribution is 6.02. The van der Waals surface area contributed by atoms with Crippen molar-refractivity contribution in [3.8, 4) is 22.7 Å². The van der Waals surface area contributed by atoms with E-state index in [2.05, 4.69) is 10.4 Å². The van der Waals surface area contributed by atoms with Crippen molar-refractivity contribution in [1.82, 2.24) is 14.7 Å². The number of aryl methyl sites for hydroxylation is 1. The molecule has 4 rings (SSSR count). The molecule has 0 fully saturated rings. The molecule has 4 aromatic rings. The molecule has 0 bridgehead atoms. The largest absolute Gasteiger partial charge is 0.497 e. The highest BCUT2D eigenvalue weighted by Crippen LogP contribution is 2.25.